The van der Waals surface area contributed by atoms with E-state index in [2.05, 4.69) is 24.5 Å². The number of halogens is 2. The number of rotatable bonds is 8. The summed E-state index contributed by atoms with van der Waals surface area (Å²) >= 11 is 6.33. The molecule has 2 rings (SSSR count). The minimum absolute atomic E-state index is 0. The molecule has 148 valence electrons. The monoisotopic (exact) mass is 404 g/mol. The van der Waals surface area contributed by atoms with Gasteiger partial charge in [-0.05, 0) is 56.3 Å². The molecule has 1 aliphatic heterocycles. The first-order chi connectivity index (χ1) is 12.0. The molecule has 0 saturated carbocycles. The third kappa shape index (κ3) is 6.86. The molecule has 0 aliphatic carbocycles. The van der Waals surface area contributed by atoms with Crippen LogP contribution in [0.5, 0.6) is 11.5 Å². The summed E-state index contributed by atoms with van der Waals surface area (Å²) < 4.78 is 11.1. The van der Waals surface area contributed by atoms with E-state index in [1.54, 1.807) is 19.2 Å². The molecular weight excluding hydrogens is 375 g/mol. The Bertz CT molecular complexity index is 576. The highest BCUT2D eigenvalue weighted by Gasteiger charge is 2.18. The van der Waals surface area contributed by atoms with Gasteiger partial charge in [-0.3, -0.25) is 4.79 Å². The van der Waals surface area contributed by atoms with Crippen molar-refractivity contribution in [1.82, 2.24) is 10.6 Å². The Morgan fingerprint density at radius 3 is 2.81 bits per heavy atom. The van der Waals surface area contributed by atoms with Gasteiger partial charge >= 0.3 is 0 Å². The number of ether oxygens (including phenoxy) is 2. The predicted molar refractivity (Wildman–Crippen MR) is 108 cm³/mol. The molecule has 1 fully saturated rings. The van der Waals surface area contributed by atoms with E-state index in [0.29, 0.717) is 47.1 Å². The maximum atomic E-state index is 12.4. The molecule has 1 heterocycles. The second-order valence-electron chi connectivity index (χ2n) is 6.94. The van der Waals surface area contributed by atoms with Gasteiger partial charge in [0.2, 0.25) is 0 Å². The Kier molecular flexibility index (Phi) is 10.1. The van der Waals surface area contributed by atoms with Gasteiger partial charge < -0.3 is 20.1 Å². The summed E-state index contributed by atoms with van der Waals surface area (Å²) in [5.41, 5.74) is 0.488. The van der Waals surface area contributed by atoms with Gasteiger partial charge in [-0.25, -0.2) is 0 Å². The van der Waals surface area contributed by atoms with Gasteiger partial charge in [-0.15, -0.1) is 12.4 Å². The summed E-state index contributed by atoms with van der Waals surface area (Å²) in [5.74, 6) is 1.87. The molecule has 1 amide bonds. The van der Waals surface area contributed by atoms with Crippen LogP contribution < -0.4 is 20.1 Å². The maximum absolute atomic E-state index is 12.4. The zero-order valence-electron chi connectivity index (χ0n) is 15.8. The minimum Gasteiger partial charge on any atom is -0.493 e. The molecule has 5 nitrogen and oxygen atoms in total. The van der Waals surface area contributed by atoms with Crippen LogP contribution in [0.1, 0.15) is 43.5 Å². The van der Waals surface area contributed by atoms with Crippen molar-refractivity contribution in [2.45, 2.75) is 33.1 Å². The van der Waals surface area contributed by atoms with Crippen molar-refractivity contribution in [1.29, 1.82) is 0 Å². The van der Waals surface area contributed by atoms with Crippen LogP contribution >= 0.6 is 24.0 Å². The smallest absolute Gasteiger partial charge is 0.251 e. The van der Waals surface area contributed by atoms with E-state index in [9.17, 15) is 4.79 Å². The highest BCUT2D eigenvalue weighted by atomic mass is 35.5. The summed E-state index contributed by atoms with van der Waals surface area (Å²) in [7, 11) is 1.55. The first-order valence-corrected chi connectivity index (χ1v) is 9.38. The Morgan fingerprint density at radius 1 is 1.42 bits per heavy atom. The maximum Gasteiger partial charge on any atom is 0.251 e. The number of methoxy groups -OCH3 is 1. The van der Waals surface area contributed by atoms with Crippen LogP contribution in [-0.4, -0.2) is 39.3 Å². The number of carbonyl (C=O) groups is 1. The van der Waals surface area contributed by atoms with Crippen molar-refractivity contribution in [2.75, 3.05) is 33.4 Å². The Hall–Kier alpha value is -1.17. The van der Waals surface area contributed by atoms with E-state index < -0.39 is 0 Å². The number of piperidine rings is 1. The van der Waals surface area contributed by atoms with Crippen LogP contribution in [0.25, 0.3) is 0 Å². The van der Waals surface area contributed by atoms with E-state index in [1.807, 2.05) is 0 Å². The van der Waals surface area contributed by atoms with E-state index in [0.717, 1.165) is 32.4 Å². The number of hydrogen-bond donors (Lipinski definition) is 2. The molecule has 1 saturated heterocycles. The molecule has 1 aliphatic rings. The van der Waals surface area contributed by atoms with Crippen molar-refractivity contribution in [3.63, 3.8) is 0 Å². The molecule has 0 spiro atoms. The summed E-state index contributed by atoms with van der Waals surface area (Å²) in [6.45, 7) is 7.52. The lowest BCUT2D eigenvalue weighted by Crippen LogP contribution is -2.38. The first kappa shape index (κ1) is 22.9. The van der Waals surface area contributed by atoms with Crippen LogP contribution in [-0.2, 0) is 0 Å². The minimum atomic E-state index is -0.139. The molecular formula is C19H30Cl2N2O3. The quantitative estimate of drug-likeness (QED) is 0.688. The van der Waals surface area contributed by atoms with Gasteiger partial charge in [-0.1, -0.05) is 25.4 Å². The molecule has 1 unspecified atom stereocenters. The predicted octanol–water partition coefficient (Wildman–Crippen LogP) is 3.92. The summed E-state index contributed by atoms with van der Waals surface area (Å²) in [4.78, 5) is 12.4. The lowest BCUT2D eigenvalue weighted by atomic mass is 9.99. The molecule has 1 aromatic carbocycles. The van der Waals surface area contributed by atoms with Crippen LogP contribution in [0.3, 0.4) is 0 Å². The van der Waals surface area contributed by atoms with E-state index in [-0.39, 0.29) is 18.3 Å². The number of carbonyl (C=O) groups excluding carboxylic acids is 1. The molecule has 26 heavy (non-hydrogen) atoms. The van der Waals surface area contributed by atoms with Crippen molar-refractivity contribution >= 4 is 29.9 Å². The fourth-order valence-corrected chi connectivity index (χ4v) is 3.09. The average molecular weight is 405 g/mol. The SMILES string of the molecule is COc1cc(C(=O)NCC2CCCNC2)cc(Cl)c1OCCC(C)C.Cl. The van der Waals surface area contributed by atoms with Crippen molar-refractivity contribution in [3.8, 4) is 11.5 Å². The van der Waals surface area contributed by atoms with E-state index >= 15 is 0 Å². The normalized spacial score (nSPS) is 16.7. The van der Waals surface area contributed by atoms with Gasteiger partial charge in [0.15, 0.2) is 11.5 Å². The molecule has 0 aromatic heterocycles. The first-order valence-electron chi connectivity index (χ1n) is 9.00. The number of amides is 1. The highest BCUT2D eigenvalue weighted by Crippen LogP contribution is 2.36. The van der Waals surface area contributed by atoms with Gasteiger partial charge in [0.05, 0.1) is 18.7 Å². The topological polar surface area (TPSA) is 59.6 Å². The fourth-order valence-electron chi connectivity index (χ4n) is 2.83. The molecule has 2 N–H and O–H groups in total. The largest absolute Gasteiger partial charge is 0.493 e. The third-order valence-corrected chi connectivity index (χ3v) is 4.66. The van der Waals surface area contributed by atoms with Crippen LogP contribution in [0.2, 0.25) is 5.02 Å². The summed E-state index contributed by atoms with van der Waals surface area (Å²) in [6, 6.07) is 3.33. The third-order valence-electron chi connectivity index (χ3n) is 4.38. The fraction of sp³-hybridized carbons (Fsp3) is 0.632. The number of hydrogen-bond acceptors (Lipinski definition) is 4. The zero-order valence-corrected chi connectivity index (χ0v) is 17.3. The summed E-state index contributed by atoms with van der Waals surface area (Å²) in [6.07, 6.45) is 3.22. The zero-order chi connectivity index (χ0) is 18.2. The van der Waals surface area contributed by atoms with Crippen molar-refractivity contribution in [3.05, 3.63) is 22.7 Å². The highest BCUT2D eigenvalue weighted by molar-refractivity contribution is 6.32. The molecule has 1 atom stereocenters. The van der Waals surface area contributed by atoms with E-state index in [4.69, 9.17) is 21.1 Å². The van der Waals surface area contributed by atoms with Crippen LogP contribution in [0, 0.1) is 11.8 Å². The molecule has 1 aromatic rings. The molecule has 0 bridgehead atoms. The van der Waals surface area contributed by atoms with Crippen molar-refractivity contribution in [2.24, 2.45) is 11.8 Å². The van der Waals surface area contributed by atoms with Gasteiger partial charge in [-0.2, -0.15) is 0 Å². The number of nitrogens with one attached hydrogen (secondary N) is 2. The van der Waals surface area contributed by atoms with Gasteiger partial charge in [0, 0.05) is 12.1 Å². The van der Waals surface area contributed by atoms with Crippen LogP contribution in [0.15, 0.2) is 12.1 Å². The second kappa shape index (κ2) is 11.5. The van der Waals surface area contributed by atoms with E-state index in [1.165, 1.54) is 0 Å². The Morgan fingerprint density at radius 2 is 2.19 bits per heavy atom. The molecule has 0 radical (unpaired) electrons. The van der Waals surface area contributed by atoms with Gasteiger partial charge in [0.1, 0.15) is 0 Å². The lowest BCUT2D eigenvalue weighted by Gasteiger charge is -2.23. The summed E-state index contributed by atoms with van der Waals surface area (Å²) in [5, 5.41) is 6.74. The van der Waals surface area contributed by atoms with Gasteiger partial charge in [0.25, 0.3) is 5.91 Å². The average Bonchev–Trinajstić information content (AvgIpc) is 2.61. The lowest BCUT2D eigenvalue weighted by molar-refractivity contribution is 0.0944. The number of benzene rings is 1. The second-order valence-corrected chi connectivity index (χ2v) is 7.35. The standard InChI is InChI=1S/C19H29ClN2O3.ClH/c1-13(2)6-8-25-18-16(20)9-15(10-17(18)24-3)19(23)22-12-14-5-4-7-21-11-14;/h9-10,13-14,21H,4-8,11-12H2,1-3H3,(H,22,23);1H. The Labute approximate surface area is 167 Å². The van der Waals surface area contributed by atoms with Crippen LogP contribution in [0.4, 0.5) is 0 Å². The Balaban J connectivity index is 0.00000338. The molecule has 7 heteroatoms. The van der Waals surface area contributed by atoms with Crippen molar-refractivity contribution < 1.29 is 14.3 Å².